The van der Waals surface area contributed by atoms with Crippen molar-refractivity contribution in [1.82, 2.24) is 15.0 Å². The van der Waals surface area contributed by atoms with Crippen molar-refractivity contribution in [3.63, 3.8) is 0 Å². The first-order valence-corrected chi connectivity index (χ1v) is 4.32. The molecule has 0 aliphatic rings. The summed E-state index contributed by atoms with van der Waals surface area (Å²) in [5, 5.41) is 0.0245. The van der Waals surface area contributed by atoms with Gasteiger partial charge in [-0.2, -0.15) is 9.97 Å². The molecule has 13 heavy (non-hydrogen) atoms. The summed E-state index contributed by atoms with van der Waals surface area (Å²) in [4.78, 5) is 11.1. The number of hydrogen-bond donors (Lipinski definition) is 0. The summed E-state index contributed by atoms with van der Waals surface area (Å²) >= 11 is 11.0. The summed E-state index contributed by atoms with van der Waals surface area (Å²) in [6.45, 7) is 0.311. The molecule has 1 aromatic heterocycles. The second kappa shape index (κ2) is 5.04. The molecule has 0 aliphatic heterocycles. The maximum Gasteiger partial charge on any atom is 0.323 e. The van der Waals surface area contributed by atoms with Crippen molar-refractivity contribution in [3.8, 4) is 12.0 Å². The molecule has 0 aliphatic carbocycles. The Balaban J connectivity index is 2.76. The van der Waals surface area contributed by atoms with E-state index in [1.165, 1.54) is 7.11 Å². The first-order chi connectivity index (χ1) is 6.26. The van der Waals surface area contributed by atoms with E-state index < -0.39 is 0 Å². The first kappa shape index (κ1) is 10.3. The van der Waals surface area contributed by atoms with Gasteiger partial charge in [-0.15, -0.1) is 16.6 Å². The van der Waals surface area contributed by atoms with Crippen LogP contribution in [0.25, 0.3) is 0 Å². The number of hydrogen-bond acceptors (Lipinski definition) is 5. The normalized spacial score (nSPS) is 9.77. The van der Waals surface area contributed by atoms with Gasteiger partial charge in [0.2, 0.25) is 5.28 Å². The van der Waals surface area contributed by atoms with Crippen LogP contribution in [0.1, 0.15) is 0 Å². The lowest BCUT2D eigenvalue weighted by Crippen LogP contribution is -2.04. The van der Waals surface area contributed by atoms with Gasteiger partial charge in [0, 0.05) is 0 Å². The predicted octanol–water partition coefficient (Wildman–Crippen LogP) is 1.15. The third-order valence-corrected chi connectivity index (χ3v) is 1.38. The van der Waals surface area contributed by atoms with Gasteiger partial charge in [-0.3, -0.25) is 0 Å². The fourth-order valence-corrected chi connectivity index (χ4v) is 0.822. The Morgan fingerprint density at radius 1 is 1.23 bits per heavy atom. The SMILES string of the molecule is COc1nc(Cl)nc(OCCCl)n1. The third-order valence-electron chi connectivity index (χ3n) is 1.06. The maximum absolute atomic E-state index is 5.55. The minimum Gasteiger partial charge on any atom is -0.467 e. The molecule has 0 spiro atoms. The zero-order valence-electron chi connectivity index (χ0n) is 6.83. The van der Waals surface area contributed by atoms with E-state index in [1.54, 1.807) is 0 Å². The maximum atomic E-state index is 5.55. The van der Waals surface area contributed by atoms with Crippen molar-refractivity contribution in [2.45, 2.75) is 0 Å². The molecule has 7 heteroatoms. The Morgan fingerprint density at radius 3 is 2.54 bits per heavy atom. The Hall–Kier alpha value is -0.810. The fraction of sp³-hybridized carbons (Fsp3) is 0.500. The molecule has 1 heterocycles. The monoisotopic (exact) mass is 223 g/mol. The molecule has 0 radical (unpaired) electrons. The van der Waals surface area contributed by atoms with Crippen molar-refractivity contribution in [2.24, 2.45) is 0 Å². The lowest BCUT2D eigenvalue weighted by molar-refractivity contribution is 0.299. The number of nitrogens with zero attached hydrogens (tertiary/aromatic N) is 3. The molecule has 0 aromatic carbocycles. The first-order valence-electron chi connectivity index (χ1n) is 3.40. The summed E-state index contributed by atoms with van der Waals surface area (Å²) in [6, 6.07) is 0.224. The van der Waals surface area contributed by atoms with E-state index >= 15 is 0 Å². The average molecular weight is 224 g/mol. The Labute approximate surface area is 85.0 Å². The molecule has 5 nitrogen and oxygen atoms in total. The van der Waals surface area contributed by atoms with E-state index in [9.17, 15) is 0 Å². The average Bonchev–Trinajstić information content (AvgIpc) is 2.14. The number of rotatable bonds is 4. The van der Waals surface area contributed by atoms with Crippen molar-refractivity contribution >= 4 is 23.2 Å². The number of halogens is 2. The largest absolute Gasteiger partial charge is 0.467 e. The van der Waals surface area contributed by atoms with Gasteiger partial charge >= 0.3 is 12.0 Å². The summed E-state index contributed by atoms with van der Waals surface area (Å²) in [5.74, 6) is 0.353. The minimum absolute atomic E-state index is 0.0245. The lowest BCUT2D eigenvalue weighted by atomic mass is 10.8. The van der Waals surface area contributed by atoms with Crippen molar-refractivity contribution < 1.29 is 9.47 Å². The second-order valence-corrected chi connectivity index (χ2v) is 2.63. The highest BCUT2D eigenvalue weighted by atomic mass is 35.5. The van der Waals surface area contributed by atoms with Crippen LogP contribution in [-0.2, 0) is 0 Å². The van der Waals surface area contributed by atoms with E-state index in [0.717, 1.165) is 0 Å². The molecule has 0 atom stereocenters. The molecule has 72 valence electrons. The molecule has 1 rings (SSSR count). The molecule has 0 amide bonds. The number of ether oxygens (including phenoxy) is 2. The zero-order valence-corrected chi connectivity index (χ0v) is 8.34. The zero-order chi connectivity index (χ0) is 9.68. The van der Waals surface area contributed by atoms with Gasteiger partial charge in [-0.1, -0.05) is 0 Å². The summed E-state index contributed by atoms with van der Waals surface area (Å²) in [6.07, 6.45) is 0. The Morgan fingerprint density at radius 2 is 1.92 bits per heavy atom. The molecule has 1 aromatic rings. The van der Waals surface area contributed by atoms with Gasteiger partial charge in [0.05, 0.1) is 13.0 Å². The van der Waals surface area contributed by atoms with Crippen LogP contribution < -0.4 is 9.47 Å². The van der Waals surface area contributed by atoms with Crippen LogP contribution >= 0.6 is 23.2 Å². The highest BCUT2D eigenvalue weighted by Crippen LogP contribution is 2.12. The van der Waals surface area contributed by atoms with Crippen LogP contribution in [-0.4, -0.2) is 34.5 Å². The summed E-state index contributed by atoms with van der Waals surface area (Å²) < 4.78 is 9.78. The molecular weight excluding hydrogens is 217 g/mol. The molecule has 0 fully saturated rings. The molecular formula is C6H7Cl2N3O2. The molecule has 0 N–H and O–H groups in total. The van der Waals surface area contributed by atoms with E-state index in [1.807, 2.05) is 0 Å². The van der Waals surface area contributed by atoms with Crippen LogP contribution in [0.4, 0.5) is 0 Å². The minimum atomic E-state index is 0.0245. The van der Waals surface area contributed by atoms with Gasteiger partial charge in [0.1, 0.15) is 6.61 Å². The predicted molar refractivity (Wildman–Crippen MR) is 47.6 cm³/mol. The highest BCUT2D eigenvalue weighted by Gasteiger charge is 2.05. The highest BCUT2D eigenvalue weighted by molar-refractivity contribution is 6.28. The topological polar surface area (TPSA) is 57.1 Å². The summed E-state index contributed by atoms with van der Waals surface area (Å²) in [7, 11) is 1.43. The van der Waals surface area contributed by atoms with E-state index in [4.69, 9.17) is 32.7 Å². The summed E-state index contributed by atoms with van der Waals surface area (Å²) in [5.41, 5.74) is 0. The third kappa shape index (κ3) is 3.20. The van der Waals surface area contributed by atoms with Gasteiger partial charge in [0.15, 0.2) is 0 Å². The van der Waals surface area contributed by atoms with Crippen molar-refractivity contribution in [2.75, 3.05) is 19.6 Å². The molecule has 0 unspecified atom stereocenters. The van der Waals surface area contributed by atoms with Crippen LogP contribution in [0, 0.1) is 0 Å². The van der Waals surface area contributed by atoms with Gasteiger partial charge in [-0.25, -0.2) is 0 Å². The van der Waals surface area contributed by atoms with Crippen molar-refractivity contribution in [1.29, 1.82) is 0 Å². The van der Waals surface area contributed by atoms with Crippen LogP contribution in [0.15, 0.2) is 0 Å². The van der Waals surface area contributed by atoms with Gasteiger partial charge in [-0.05, 0) is 11.6 Å². The van der Waals surface area contributed by atoms with E-state index in [-0.39, 0.29) is 17.3 Å². The molecule has 0 saturated heterocycles. The van der Waals surface area contributed by atoms with Crippen molar-refractivity contribution in [3.05, 3.63) is 5.28 Å². The van der Waals surface area contributed by atoms with Crippen LogP contribution in [0.3, 0.4) is 0 Å². The molecule has 0 bridgehead atoms. The Kier molecular flexibility index (Phi) is 3.98. The second-order valence-electron chi connectivity index (χ2n) is 1.91. The fourth-order valence-electron chi connectivity index (χ4n) is 0.600. The van der Waals surface area contributed by atoms with Gasteiger partial charge < -0.3 is 9.47 Å². The number of methoxy groups -OCH3 is 1. The smallest absolute Gasteiger partial charge is 0.323 e. The Bertz CT molecular complexity index is 285. The number of alkyl halides is 1. The quantitative estimate of drug-likeness (QED) is 0.718. The van der Waals surface area contributed by atoms with Crippen LogP contribution in [0.2, 0.25) is 5.28 Å². The standard InChI is InChI=1S/C6H7Cl2N3O2/c1-12-5-9-4(8)10-6(11-5)13-3-2-7/h2-3H2,1H3. The van der Waals surface area contributed by atoms with Crippen LogP contribution in [0.5, 0.6) is 12.0 Å². The van der Waals surface area contributed by atoms with E-state index in [0.29, 0.717) is 12.5 Å². The van der Waals surface area contributed by atoms with Gasteiger partial charge in [0.25, 0.3) is 0 Å². The molecule has 0 saturated carbocycles. The van der Waals surface area contributed by atoms with E-state index in [2.05, 4.69) is 15.0 Å². The lowest BCUT2D eigenvalue weighted by Gasteiger charge is -2.02. The number of aromatic nitrogens is 3.